The lowest BCUT2D eigenvalue weighted by atomic mass is 9.93. The Morgan fingerprint density at radius 1 is 0.627 bits per heavy atom. The molecule has 0 saturated heterocycles. The summed E-state index contributed by atoms with van der Waals surface area (Å²) >= 11 is 0. The highest BCUT2D eigenvalue weighted by molar-refractivity contribution is 6.09. The lowest BCUT2D eigenvalue weighted by Crippen LogP contribution is -2.23. The van der Waals surface area contributed by atoms with Crippen LogP contribution in [0.3, 0.4) is 0 Å². The molecule has 244 valence electrons. The number of para-hydroxylation sites is 3. The van der Waals surface area contributed by atoms with E-state index in [2.05, 4.69) is 145 Å². The molecule has 0 atom stereocenters. The van der Waals surface area contributed by atoms with E-state index < -0.39 is 0 Å². The van der Waals surface area contributed by atoms with Gasteiger partial charge in [-0.15, -0.1) is 0 Å². The van der Waals surface area contributed by atoms with Gasteiger partial charge in [-0.1, -0.05) is 84.9 Å². The fourth-order valence-electron chi connectivity index (χ4n) is 6.94. The second-order valence-corrected chi connectivity index (χ2v) is 12.5. The molecule has 1 aliphatic rings. The predicted molar refractivity (Wildman–Crippen MR) is 203 cm³/mol. The molecule has 0 bridgehead atoms. The van der Waals surface area contributed by atoms with Crippen LogP contribution in [0, 0.1) is 0 Å². The average molecular weight is 661 g/mol. The molecule has 8 nitrogen and oxygen atoms in total. The van der Waals surface area contributed by atoms with E-state index in [0.717, 1.165) is 39.5 Å². The molecule has 1 aliphatic heterocycles. The van der Waals surface area contributed by atoms with E-state index in [1.807, 2.05) is 19.1 Å². The van der Waals surface area contributed by atoms with E-state index in [1.54, 1.807) is 24.8 Å². The maximum Gasteiger partial charge on any atom is 0.159 e. The number of hydrogen-bond donors (Lipinski definition) is 0. The van der Waals surface area contributed by atoms with Crippen molar-refractivity contribution in [2.75, 3.05) is 4.90 Å². The van der Waals surface area contributed by atoms with Crippen molar-refractivity contribution in [1.82, 2.24) is 34.5 Å². The summed E-state index contributed by atoms with van der Waals surface area (Å²) in [6.45, 7) is 2.73. The van der Waals surface area contributed by atoms with E-state index in [0.29, 0.717) is 30.4 Å². The highest BCUT2D eigenvalue weighted by Crippen LogP contribution is 2.43. The minimum Gasteiger partial charge on any atom is -0.321 e. The van der Waals surface area contributed by atoms with E-state index in [-0.39, 0.29) is 0 Å². The van der Waals surface area contributed by atoms with Crippen molar-refractivity contribution in [3.05, 3.63) is 175 Å². The molecule has 9 rings (SSSR count). The molecule has 4 aromatic carbocycles. The topological polar surface area (TPSA) is 85.5 Å². The lowest BCUT2D eigenvalue weighted by Gasteiger charge is -2.32. The molecule has 0 saturated carbocycles. The van der Waals surface area contributed by atoms with Gasteiger partial charge in [-0.3, -0.25) is 4.57 Å². The number of allylic oxidation sites excluding steroid dienone is 4. The van der Waals surface area contributed by atoms with Crippen LogP contribution in [0.1, 0.15) is 30.0 Å². The Kier molecular flexibility index (Phi) is 7.66. The summed E-state index contributed by atoms with van der Waals surface area (Å²) in [4.78, 5) is 30.9. The molecular weight excluding hydrogens is 629 g/mol. The van der Waals surface area contributed by atoms with Gasteiger partial charge in [0, 0.05) is 59.2 Å². The van der Waals surface area contributed by atoms with E-state index in [9.17, 15) is 0 Å². The van der Waals surface area contributed by atoms with Crippen molar-refractivity contribution in [3.8, 4) is 16.9 Å². The zero-order valence-corrected chi connectivity index (χ0v) is 27.9. The Labute approximate surface area is 295 Å². The summed E-state index contributed by atoms with van der Waals surface area (Å²) in [6, 6.07) is 39.9. The van der Waals surface area contributed by atoms with Crippen LogP contribution in [0.5, 0.6) is 0 Å². The molecular formula is C43H32N8. The van der Waals surface area contributed by atoms with Crippen molar-refractivity contribution < 1.29 is 0 Å². The minimum absolute atomic E-state index is 0.523. The third kappa shape index (κ3) is 5.62. The van der Waals surface area contributed by atoms with Crippen LogP contribution in [0.4, 0.5) is 11.5 Å². The van der Waals surface area contributed by atoms with Gasteiger partial charge in [0.2, 0.25) is 0 Å². The summed E-state index contributed by atoms with van der Waals surface area (Å²) in [5.74, 6) is 3.53. The number of nitrogens with zero attached hydrogens (tertiary/aromatic N) is 8. The maximum absolute atomic E-state index is 5.30. The zero-order chi connectivity index (χ0) is 34.1. The zero-order valence-electron chi connectivity index (χ0n) is 27.9. The second kappa shape index (κ2) is 12.9. The number of benzene rings is 4. The van der Waals surface area contributed by atoms with Crippen molar-refractivity contribution in [2.45, 2.75) is 19.9 Å². The molecule has 4 aromatic heterocycles. The average Bonchev–Trinajstić information content (AvgIpc) is 3.54. The highest BCUT2D eigenvalue weighted by atomic mass is 15.2. The molecule has 0 aliphatic carbocycles. The Bertz CT molecular complexity index is 2550. The third-order valence-corrected chi connectivity index (χ3v) is 9.29. The first-order chi connectivity index (χ1) is 25.2. The summed E-state index contributed by atoms with van der Waals surface area (Å²) in [6.07, 6.45) is 11.7. The molecule has 0 N–H and O–H groups in total. The fourth-order valence-corrected chi connectivity index (χ4v) is 6.94. The first-order valence-electron chi connectivity index (χ1n) is 17.0. The molecule has 5 heterocycles. The first kappa shape index (κ1) is 30.3. The normalized spacial score (nSPS) is 13.0. The monoisotopic (exact) mass is 660 g/mol. The summed E-state index contributed by atoms with van der Waals surface area (Å²) < 4.78 is 2.25. The van der Waals surface area contributed by atoms with Crippen LogP contribution < -0.4 is 4.90 Å². The van der Waals surface area contributed by atoms with Gasteiger partial charge in [-0.25, -0.2) is 29.9 Å². The molecule has 0 amide bonds. The van der Waals surface area contributed by atoms with Gasteiger partial charge in [-0.05, 0) is 60.0 Å². The van der Waals surface area contributed by atoms with Crippen molar-refractivity contribution in [2.24, 2.45) is 0 Å². The van der Waals surface area contributed by atoms with Gasteiger partial charge in [0.15, 0.2) is 11.6 Å². The van der Waals surface area contributed by atoms with Crippen LogP contribution >= 0.6 is 0 Å². The van der Waals surface area contributed by atoms with Crippen LogP contribution in [0.25, 0.3) is 49.9 Å². The smallest absolute Gasteiger partial charge is 0.159 e. The third-order valence-electron chi connectivity index (χ3n) is 9.29. The molecule has 8 aromatic rings. The van der Waals surface area contributed by atoms with Gasteiger partial charge in [0.25, 0.3) is 0 Å². The van der Waals surface area contributed by atoms with Crippen LogP contribution in [-0.4, -0.2) is 34.5 Å². The van der Waals surface area contributed by atoms with Crippen molar-refractivity contribution >= 4 is 44.5 Å². The number of aromatic nitrogens is 7. The Morgan fingerprint density at radius 3 is 1.98 bits per heavy atom. The van der Waals surface area contributed by atoms with Gasteiger partial charge in [-0.2, -0.15) is 0 Å². The standard InChI is InChI=1S/C43H32N8/c1-29(26-30(43-46-24-11-25-47-43)20-21-39-44-22-10-23-45-39)42-48-40(50-28-31-12-2-3-13-32(31)33-14-4-7-17-36(33)50)27-41(49-42)51-37-18-8-5-15-34(37)35-16-6-9-19-38(35)51/h2-20,22-27H,21,28H2,1H3/b29-26+,30-20+. The lowest BCUT2D eigenvalue weighted by molar-refractivity contribution is 0.909. The Balaban J connectivity index is 1.25. The molecule has 0 fully saturated rings. The minimum atomic E-state index is 0.523. The molecule has 8 heteroatoms. The van der Waals surface area contributed by atoms with Crippen molar-refractivity contribution in [3.63, 3.8) is 0 Å². The number of fused-ring (bicyclic) bond motifs is 6. The summed E-state index contributed by atoms with van der Waals surface area (Å²) in [5.41, 5.74) is 8.66. The van der Waals surface area contributed by atoms with E-state index >= 15 is 0 Å². The summed E-state index contributed by atoms with van der Waals surface area (Å²) in [5, 5.41) is 2.35. The van der Waals surface area contributed by atoms with Gasteiger partial charge < -0.3 is 4.90 Å². The molecule has 51 heavy (non-hydrogen) atoms. The maximum atomic E-state index is 5.30. The largest absolute Gasteiger partial charge is 0.321 e. The van der Waals surface area contributed by atoms with Gasteiger partial charge >= 0.3 is 0 Å². The van der Waals surface area contributed by atoms with Gasteiger partial charge in [0.05, 0.1) is 23.3 Å². The molecule has 0 unspecified atom stereocenters. The SMILES string of the molecule is C/C(=C\C(=C/Cc1ncccn1)c1ncccn1)c1nc(N2Cc3ccccc3-c3ccccc32)cc(-n2c3ccccc3c3ccccc32)n1. The predicted octanol–water partition coefficient (Wildman–Crippen LogP) is 9.20. The fraction of sp³-hybridized carbons (Fsp3) is 0.0698. The molecule has 0 spiro atoms. The first-order valence-corrected chi connectivity index (χ1v) is 17.0. The Morgan fingerprint density at radius 2 is 1.24 bits per heavy atom. The van der Waals surface area contributed by atoms with Crippen LogP contribution in [0.2, 0.25) is 0 Å². The van der Waals surface area contributed by atoms with E-state index in [1.165, 1.54) is 27.5 Å². The number of rotatable bonds is 7. The second-order valence-electron chi connectivity index (χ2n) is 12.5. The highest BCUT2D eigenvalue weighted by Gasteiger charge is 2.25. The van der Waals surface area contributed by atoms with Crippen LogP contribution in [-0.2, 0) is 13.0 Å². The Hall–Kier alpha value is -6.80. The summed E-state index contributed by atoms with van der Waals surface area (Å²) in [7, 11) is 0. The van der Waals surface area contributed by atoms with E-state index in [4.69, 9.17) is 9.97 Å². The van der Waals surface area contributed by atoms with Crippen molar-refractivity contribution in [1.29, 1.82) is 0 Å². The quantitative estimate of drug-likeness (QED) is 0.158. The van der Waals surface area contributed by atoms with Gasteiger partial charge in [0.1, 0.15) is 17.5 Å². The number of anilines is 2. The van der Waals surface area contributed by atoms with Crippen LogP contribution in [0.15, 0.2) is 152 Å². The molecule has 0 radical (unpaired) electrons. The number of hydrogen-bond acceptors (Lipinski definition) is 7.